The fourth-order valence-corrected chi connectivity index (χ4v) is 5.06. The summed E-state index contributed by atoms with van der Waals surface area (Å²) in [4.78, 5) is 9.19. The highest BCUT2D eigenvalue weighted by atomic mass is 16.3. The second kappa shape index (κ2) is 9.67. The summed E-state index contributed by atoms with van der Waals surface area (Å²) in [7, 11) is 0. The van der Waals surface area contributed by atoms with Crippen molar-refractivity contribution in [2.24, 2.45) is 0 Å². The third-order valence-corrected chi connectivity index (χ3v) is 7.25. The minimum absolute atomic E-state index is 0.0473. The molecule has 192 valence electrons. The van der Waals surface area contributed by atoms with Gasteiger partial charge in [0.05, 0.1) is 5.69 Å². The molecule has 0 spiro atoms. The van der Waals surface area contributed by atoms with Gasteiger partial charge in [-0.15, -0.1) is 0 Å². The van der Waals surface area contributed by atoms with Gasteiger partial charge in [-0.3, -0.25) is 9.97 Å². The van der Waals surface area contributed by atoms with Gasteiger partial charge in [-0.2, -0.15) is 0 Å². The van der Waals surface area contributed by atoms with Gasteiger partial charge < -0.3 is 4.42 Å². The lowest BCUT2D eigenvalue weighted by Crippen LogP contribution is -2.10. The van der Waals surface area contributed by atoms with Gasteiger partial charge in [0.25, 0.3) is 0 Å². The second-order valence-corrected chi connectivity index (χ2v) is 11.4. The molecule has 6 rings (SSSR count). The molecular weight excluding hydrogens is 476 g/mol. The molecule has 0 unspecified atom stereocenters. The summed E-state index contributed by atoms with van der Waals surface area (Å²) in [6.07, 6.45) is 3.71. The van der Waals surface area contributed by atoms with Crippen LogP contribution in [0.4, 0.5) is 0 Å². The van der Waals surface area contributed by atoms with E-state index in [-0.39, 0.29) is 5.41 Å². The number of pyridine rings is 2. The molecule has 0 radical (unpaired) electrons. The Balaban J connectivity index is 1.57. The zero-order valence-electron chi connectivity index (χ0n) is 23.1. The minimum Gasteiger partial charge on any atom is -0.454 e. The van der Waals surface area contributed by atoms with Crippen LogP contribution >= 0.6 is 0 Å². The molecule has 0 atom stereocenters. The minimum atomic E-state index is 0.0473. The van der Waals surface area contributed by atoms with Crippen molar-refractivity contribution in [2.75, 3.05) is 0 Å². The molecule has 0 amide bonds. The number of aromatic nitrogens is 2. The first-order valence-corrected chi connectivity index (χ1v) is 13.4. The average Bonchev–Trinajstić information content (AvgIpc) is 3.35. The molecule has 0 aliphatic carbocycles. The van der Waals surface area contributed by atoms with Crippen LogP contribution in [-0.4, -0.2) is 9.97 Å². The van der Waals surface area contributed by atoms with Crippen LogP contribution in [0.3, 0.4) is 0 Å². The normalized spacial score (nSPS) is 11.7. The highest BCUT2D eigenvalue weighted by Gasteiger charge is 2.18. The molecule has 39 heavy (non-hydrogen) atoms. The van der Waals surface area contributed by atoms with E-state index in [1.54, 1.807) is 0 Å². The van der Waals surface area contributed by atoms with Gasteiger partial charge >= 0.3 is 0 Å². The first-order valence-electron chi connectivity index (χ1n) is 13.4. The van der Waals surface area contributed by atoms with Gasteiger partial charge in [0.15, 0.2) is 5.76 Å². The molecule has 0 aliphatic rings. The highest BCUT2D eigenvalue weighted by Crippen LogP contribution is 2.40. The first-order chi connectivity index (χ1) is 18.7. The van der Waals surface area contributed by atoms with E-state index in [1.807, 2.05) is 24.5 Å². The molecule has 0 bridgehead atoms. The summed E-state index contributed by atoms with van der Waals surface area (Å²) in [6, 6.07) is 32.3. The average molecular weight is 509 g/mol. The van der Waals surface area contributed by atoms with E-state index in [0.717, 1.165) is 55.9 Å². The molecule has 0 N–H and O–H groups in total. The molecule has 0 saturated carbocycles. The van der Waals surface area contributed by atoms with Crippen LogP contribution in [0.1, 0.15) is 37.5 Å². The molecule has 0 fully saturated rings. The number of hydrogen-bond donors (Lipinski definition) is 0. The van der Waals surface area contributed by atoms with Gasteiger partial charge in [-0.25, -0.2) is 0 Å². The van der Waals surface area contributed by atoms with E-state index in [2.05, 4.69) is 123 Å². The van der Waals surface area contributed by atoms with Crippen molar-refractivity contribution >= 4 is 11.0 Å². The topological polar surface area (TPSA) is 38.9 Å². The Morgan fingerprint density at radius 3 is 1.92 bits per heavy atom. The Labute approximate surface area is 230 Å². The van der Waals surface area contributed by atoms with Crippen molar-refractivity contribution in [3.05, 3.63) is 120 Å². The summed E-state index contributed by atoms with van der Waals surface area (Å²) in [5.74, 6) is 0.776. The van der Waals surface area contributed by atoms with Gasteiger partial charge in [0.2, 0.25) is 0 Å². The number of fused-ring (bicyclic) bond motifs is 1. The molecule has 3 heteroatoms. The van der Waals surface area contributed by atoms with E-state index in [0.29, 0.717) is 0 Å². The van der Waals surface area contributed by atoms with E-state index < -0.39 is 0 Å². The molecule has 0 saturated heterocycles. The second-order valence-electron chi connectivity index (χ2n) is 11.4. The molecule has 6 aromatic rings. The van der Waals surface area contributed by atoms with Crippen molar-refractivity contribution in [1.82, 2.24) is 9.97 Å². The van der Waals surface area contributed by atoms with Crippen molar-refractivity contribution in [2.45, 2.75) is 40.0 Å². The highest BCUT2D eigenvalue weighted by molar-refractivity contribution is 5.96. The Morgan fingerprint density at radius 2 is 1.21 bits per heavy atom. The standard InChI is InChI=1S/C36H32N2O/c1-23-12-14-37-32(16-23)27-10-6-8-25(18-27)30-20-28-21-35(33-17-24(2)13-15-38-33)39-34(28)22-31(30)26-9-7-11-29(19-26)36(3,4)5/h6-22H,1-5H3. The molecule has 3 nitrogen and oxygen atoms in total. The number of nitrogens with zero attached hydrogens (tertiary/aromatic N) is 2. The summed E-state index contributed by atoms with van der Waals surface area (Å²) in [5, 5.41) is 1.05. The van der Waals surface area contributed by atoms with Crippen molar-refractivity contribution in [3.8, 4) is 45.0 Å². The van der Waals surface area contributed by atoms with Crippen LogP contribution in [0.5, 0.6) is 0 Å². The van der Waals surface area contributed by atoms with Crippen molar-refractivity contribution < 1.29 is 4.42 Å². The van der Waals surface area contributed by atoms with Gasteiger partial charge in [-0.1, -0.05) is 63.2 Å². The predicted molar refractivity (Wildman–Crippen MR) is 162 cm³/mol. The van der Waals surface area contributed by atoms with Crippen LogP contribution in [0.25, 0.3) is 55.9 Å². The van der Waals surface area contributed by atoms with Crippen LogP contribution in [0, 0.1) is 13.8 Å². The SMILES string of the molecule is Cc1ccnc(-c2cccc(-c3cc4cc(-c5cc(C)ccn5)oc4cc3-c3cccc(C(C)(C)C)c3)c2)c1. The fourth-order valence-electron chi connectivity index (χ4n) is 5.06. The van der Waals surface area contributed by atoms with E-state index in [1.165, 1.54) is 16.7 Å². The third-order valence-electron chi connectivity index (χ3n) is 7.25. The summed E-state index contributed by atoms with van der Waals surface area (Å²) in [5.41, 5.74) is 12.1. The maximum atomic E-state index is 6.39. The molecule has 3 aromatic carbocycles. The van der Waals surface area contributed by atoms with Gasteiger partial charge in [-0.05, 0) is 107 Å². The lowest BCUT2D eigenvalue weighted by Gasteiger charge is -2.20. The number of rotatable bonds is 4. The number of furan rings is 1. The maximum Gasteiger partial charge on any atom is 0.153 e. The molecular formula is C36H32N2O. The largest absolute Gasteiger partial charge is 0.454 e. The monoisotopic (exact) mass is 508 g/mol. The summed E-state index contributed by atoms with van der Waals surface area (Å²) >= 11 is 0. The first kappa shape index (κ1) is 24.8. The van der Waals surface area contributed by atoms with Crippen LogP contribution < -0.4 is 0 Å². The van der Waals surface area contributed by atoms with Crippen molar-refractivity contribution in [3.63, 3.8) is 0 Å². The Kier molecular flexibility index (Phi) is 6.15. The van der Waals surface area contributed by atoms with E-state index in [9.17, 15) is 0 Å². The smallest absolute Gasteiger partial charge is 0.153 e. The zero-order chi connectivity index (χ0) is 27.1. The maximum absolute atomic E-state index is 6.39. The van der Waals surface area contributed by atoms with Gasteiger partial charge in [0, 0.05) is 23.3 Å². The zero-order valence-corrected chi connectivity index (χ0v) is 23.1. The number of hydrogen-bond acceptors (Lipinski definition) is 3. The van der Waals surface area contributed by atoms with E-state index in [4.69, 9.17) is 4.42 Å². The molecule has 0 aliphatic heterocycles. The lowest BCUT2D eigenvalue weighted by atomic mass is 9.84. The Morgan fingerprint density at radius 1 is 0.590 bits per heavy atom. The quantitative estimate of drug-likeness (QED) is 0.238. The number of aryl methyl sites for hydroxylation is 2. The van der Waals surface area contributed by atoms with Gasteiger partial charge in [0.1, 0.15) is 11.3 Å². The summed E-state index contributed by atoms with van der Waals surface area (Å²) in [6.45, 7) is 10.9. The fraction of sp³-hybridized carbons (Fsp3) is 0.167. The molecule has 3 aromatic heterocycles. The van der Waals surface area contributed by atoms with Crippen LogP contribution in [-0.2, 0) is 5.41 Å². The Hall–Kier alpha value is -4.50. The lowest BCUT2D eigenvalue weighted by molar-refractivity contribution is 0.590. The number of benzene rings is 3. The summed E-state index contributed by atoms with van der Waals surface area (Å²) < 4.78 is 6.39. The predicted octanol–water partition coefficient (Wildman–Crippen LogP) is 9.81. The van der Waals surface area contributed by atoms with Crippen molar-refractivity contribution in [1.29, 1.82) is 0 Å². The van der Waals surface area contributed by atoms with Crippen LogP contribution in [0.15, 0.2) is 108 Å². The Bertz CT molecular complexity index is 1820. The van der Waals surface area contributed by atoms with E-state index >= 15 is 0 Å². The third kappa shape index (κ3) is 5.00. The van der Waals surface area contributed by atoms with Crippen LogP contribution in [0.2, 0.25) is 0 Å². The molecule has 3 heterocycles.